The van der Waals surface area contributed by atoms with Gasteiger partial charge in [0.1, 0.15) is 0 Å². The first-order valence-corrected chi connectivity index (χ1v) is 6.79. The average molecular weight is 263 g/mol. The lowest BCUT2D eigenvalue weighted by atomic mass is 10.1. The normalized spacial score (nSPS) is 22.2. The molecule has 0 spiro atoms. The molecule has 0 aromatic heterocycles. The minimum absolute atomic E-state index is 0.898. The number of allylic oxidation sites excluding steroid dienone is 2. The van der Waals surface area contributed by atoms with Gasteiger partial charge < -0.3 is 4.48 Å². The van der Waals surface area contributed by atoms with Gasteiger partial charge >= 0.3 is 0 Å². The van der Waals surface area contributed by atoms with Crippen molar-refractivity contribution in [2.45, 2.75) is 33.1 Å². The van der Waals surface area contributed by atoms with Gasteiger partial charge in [0.15, 0.2) is 0 Å². The van der Waals surface area contributed by atoms with Crippen LogP contribution in [0.2, 0.25) is 0 Å². The zero-order chi connectivity index (χ0) is 12.0. The molecule has 0 aromatic carbocycles. The molecule has 1 heterocycles. The smallest absolute Gasteiger partial charge is 0.0990 e. The van der Waals surface area contributed by atoms with Crippen LogP contribution < -0.4 is 0 Å². The lowest BCUT2D eigenvalue weighted by Gasteiger charge is -2.40. The summed E-state index contributed by atoms with van der Waals surface area (Å²) in [5.74, 6) is 0. The number of halogens is 2. The second-order valence-corrected chi connectivity index (χ2v) is 5.99. The molecule has 0 aromatic rings. The third kappa shape index (κ3) is 4.90. The van der Waals surface area contributed by atoms with Gasteiger partial charge in [-0.2, -0.15) is 0 Å². The quantitative estimate of drug-likeness (QED) is 0.664. The van der Waals surface area contributed by atoms with Gasteiger partial charge in [-0.3, -0.25) is 0 Å². The summed E-state index contributed by atoms with van der Waals surface area (Å²) in [6, 6.07) is 0. The fraction of sp³-hybridized carbons (Fsp3) is 0.692. The molecule has 0 N–H and O–H groups in total. The highest BCUT2D eigenvalue weighted by atomic mass is 35.5. The number of hydrogen-bond donors (Lipinski definition) is 0. The van der Waals surface area contributed by atoms with Crippen molar-refractivity contribution < 1.29 is 4.48 Å². The Bertz CT molecular complexity index is 246. The molecule has 0 bridgehead atoms. The minimum Gasteiger partial charge on any atom is -0.317 e. The van der Waals surface area contributed by atoms with E-state index in [0.717, 1.165) is 27.6 Å². The first kappa shape index (κ1) is 14.1. The number of hydrogen-bond acceptors (Lipinski definition) is 0. The molecule has 0 radical (unpaired) electrons. The average Bonchev–Trinajstić information content (AvgIpc) is 2.25. The van der Waals surface area contributed by atoms with Gasteiger partial charge in [-0.25, -0.2) is 0 Å². The summed E-state index contributed by atoms with van der Waals surface area (Å²) >= 11 is 11.9. The molecule has 0 aliphatic carbocycles. The van der Waals surface area contributed by atoms with Crippen molar-refractivity contribution in [1.82, 2.24) is 0 Å². The fourth-order valence-corrected chi connectivity index (χ4v) is 2.40. The Morgan fingerprint density at radius 1 is 0.938 bits per heavy atom. The van der Waals surface area contributed by atoms with Crippen LogP contribution in [-0.4, -0.2) is 30.7 Å². The van der Waals surface area contributed by atoms with Gasteiger partial charge in [-0.1, -0.05) is 23.2 Å². The Balaban J connectivity index is 2.67. The van der Waals surface area contributed by atoms with E-state index >= 15 is 0 Å². The van der Waals surface area contributed by atoms with Crippen LogP contribution in [0.4, 0.5) is 0 Å². The molecule has 1 rings (SSSR count). The van der Waals surface area contributed by atoms with E-state index in [1.54, 1.807) is 0 Å². The predicted octanol–water partition coefficient (Wildman–Crippen LogP) is 4.27. The van der Waals surface area contributed by atoms with E-state index in [9.17, 15) is 0 Å². The van der Waals surface area contributed by atoms with Gasteiger partial charge in [0.25, 0.3) is 0 Å². The molecule has 0 saturated carbocycles. The lowest BCUT2D eigenvalue weighted by molar-refractivity contribution is -0.921. The van der Waals surface area contributed by atoms with Gasteiger partial charge in [-0.15, -0.1) is 0 Å². The number of piperidine rings is 1. The highest BCUT2D eigenvalue weighted by Crippen LogP contribution is 2.20. The molecule has 1 aliphatic heterocycles. The van der Waals surface area contributed by atoms with Crippen LogP contribution >= 0.6 is 23.2 Å². The highest BCUT2D eigenvalue weighted by Gasteiger charge is 2.27. The maximum Gasteiger partial charge on any atom is 0.0990 e. The predicted molar refractivity (Wildman–Crippen MR) is 72.8 cm³/mol. The summed E-state index contributed by atoms with van der Waals surface area (Å²) < 4.78 is 1.12. The highest BCUT2D eigenvalue weighted by molar-refractivity contribution is 6.29. The third-order valence-electron chi connectivity index (χ3n) is 3.28. The molecule has 1 fully saturated rings. The van der Waals surface area contributed by atoms with Gasteiger partial charge in [0.2, 0.25) is 0 Å². The van der Waals surface area contributed by atoms with Crippen molar-refractivity contribution in [2.75, 3.05) is 26.2 Å². The molecule has 0 atom stereocenters. The van der Waals surface area contributed by atoms with Crippen LogP contribution in [0.3, 0.4) is 0 Å². The van der Waals surface area contributed by atoms with Crippen LogP contribution in [0, 0.1) is 0 Å². The number of quaternary nitrogens is 1. The first-order chi connectivity index (χ1) is 7.54. The number of rotatable bonds is 4. The van der Waals surface area contributed by atoms with Gasteiger partial charge in [-0.05, 0) is 45.3 Å². The standard InChI is InChI=1S/C13H22Cl2N/c1-12(14)6-10-16(11-7-13(2)15)8-4-3-5-9-16/h6-7H,3-5,8-11H2,1-2H3/q+1/b12-6+,13-7+. The van der Waals surface area contributed by atoms with Crippen molar-refractivity contribution in [1.29, 1.82) is 0 Å². The second kappa shape index (κ2) is 6.68. The van der Waals surface area contributed by atoms with E-state index in [1.165, 1.54) is 32.4 Å². The minimum atomic E-state index is 0.898. The van der Waals surface area contributed by atoms with Crippen LogP contribution in [-0.2, 0) is 0 Å². The Labute approximate surface area is 109 Å². The summed E-state index contributed by atoms with van der Waals surface area (Å²) in [4.78, 5) is 0. The van der Waals surface area contributed by atoms with E-state index in [1.807, 2.05) is 13.8 Å². The van der Waals surface area contributed by atoms with Crippen LogP contribution in [0.25, 0.3) is 0 Å². The zero-order valence-corrected chi connectivity index (χ0v) is 11.8. The summed E-state index contributed by atoms with van der Waals surface area (Å²) in [6.45, 7) is 8.48. The zero-order valence-electron chi connectivity index (χ0n) is 10.3. The molecule has 92 valence electrons. The topological polar surface area (TPSA) is 0 Å². The lowest BCUT2D eigenvalue weighted by Crippen LogP contribution is -2.51. The van der Waals surface area contributed by atoms with Gasteiger partial charge in [0.05, 0.1) is 26.2 Å². The van der Waals surface area contributed by atoms with Crippen LogP contribution in [0.5, 0.6) is 0 Å². The SMILES string of the molecule is C/C(Cl)=C\C[N+]1(C/C=C(\C)Cl)CCCCC1. The molecule has 3 heteroatoms. The molecule has 1 saturated heterocycles. The fourth-order valence-electron chi connectivity index (χ4n) is 2.26. The monoisotopic (exact) mass is 262 g/mol. The maximum atomic E-state index is 5.93. The second-order valence-electron chi connectivity index (χ2n) is 4.80. The summed E-state index contributed by atoms with van der Waals surface area (Å²) in [7, 11) is 0. The summed E-state index contributed by atoms with van der Waals surface area (Å²) in [5, 5.41) is 1.80. The van der Waals surface area contributed by atoms with Gasteiger partial charge in [0, 0.05) is 10.1 Å². The Morgan fingerprint density at radius 3 is 1.75 bits per heavy atom. The largest absolute Gasteiger partial charge is 0.317 e. The number of nitrogens with zero attached hydrogens (tertiary/aromatic N) is 1. The first-order valence-electron chi connectivity index (χ1n) is 6.04. The van der Waals surface area contributed by atoms with Crippen molar-refractivity contribution in [3.63, 3.8) is 0 Å². The van der Waals surface area contributed by atoms with E-state index in [-0.39, 0.29) is 0 Å². The van der Waals surface area contributed by atoms with Crippen molar-refractivity contribution >= 4 is 23.2 Å². The molecule has 1 aliphatic rings. The molecule has 0 amide bonds. The molecule has 0 unspecified atom stereocenters. The molecule has 1 nitrogen and oxygen atoms in total. The van der Waals surface area contributed by atoms with E-state index in [0.29, 0.717) is 0 Å². The van der Waals surface area contributed by atoms with Crippen molar-refractivity contribution in [3.8, 4) is 0 Å². The van der Waals surface area contributed by atoms with Crippen molar-refractivity contribution in [2.24, 2.45) is 0 Å². The van der Waals surface area contributed by atoms with Crippen molar-refractivity contribution in [3.05, 3.63) is 22.2 Å². The number of likely N-dealkylation sites (tertiary alicyclic amines) is 1. The maximum absolute atomic E-state index is 5.93. The Morgan fingerprint density at radius 2 is 1.38 bits per heavy atom. The Kier molecular flexibility index (Phi) is 5.88. The van der Waals surface area contributed by atoms with E-state index in [2.05, 4.69) is 12.2 Å². The van der Waals surface area contributed by atoms with E-state index < -0.39 is 0 Å². The summed E-state index contributed by atoms with van der Waals surface area (Å²) in [6.07, 6.45) is 8.30. The van der Waals surface area contributed by atoms with Crippen LogP contribution in [0.15, 0.2) is 22.2 Å². The molecule has 16 heavy (non-hydrogen) atoms. The van der Waals surface area contributed by atoms with Crippen LogP contribution in [0.1, 0.15) is 33.1 Å². The Hall–Kier alpha value is 0.0200. The third-order valence-corrected chi connectivity index (χ3v) is 3.59. The summed E-state index contributed by atoms with van der Waals surface area (Å²) in [5.41, 5.74) is 0. The molecular weight excluding hydrogens is 241 g/mol. The molecular formula is C13H22Cl2N+. The van der Waals surface area contributed by atoms with E-state index in [4.69, 9.17) is 23.2 Å².